The number of likely N-dealkylation sites (tertiary alicyclic amines) is 1. The maximum absolute atomic E-state index is 12.9. The van der Waals surface area contributed by atoms with Crippen LogP contribution in [0.25, 0.3) is 17.2 Å². The molecule has 1 spiro atoms. The number of benzene rings is 3. The monoisotopic (exact) mass is 453 g/mol. The van der Waals surface area contributed by atoms with Gasteiger partial charge in [-0.05, 0) is 40.5 Å². The molecule has 0 saturated carbocycles. The fourth-order valence-electron chi connectivity index (χ4n) is 4.87. The minimum Gasteiger partial charge on any atom is -0.486 e. The summed E-state index contributed by atoms with van der Waals surface area (Å²) in [4.78, 5) is 26.1. The molecule has 172 valence electrons. The molecule has 2 aliphatic rings. The number of carbonyl (C=O) groups excluding carboxylic acids is 1. The van der Waals surface area contributed by atoms with Crippen molar-refractivity contribution in [2.24, 2.45) is 0 Å². The van der Waals surface area contributed by atoms with E-state index in [1.165, 1.54) is 22.8 Å². The number of piperidine rings is 1. The predicted octanol–water partition coefficient (Wildman–Crippen LogP) is 5.45. The third-order valence-electron chi connectivity index (χ3n) is 6.77. The molecular formula is C29H27NO4. The fraction of sp³-hybridized carbons (Fsp3) is 0.241. The van der Waals surface area contributed by atoms with Crippen LogP contribution in [0.3, 0.4) is 0 Å². The molecule has 1 saturated heterocycles. The Balaban J connectivity index is 1.21. The van der Waals surface area contributed by atoms with Gasteiger partial charge >= 0.3 is 5.97 Å². The quantitative estimate of drug-likeness (QED) is 0.520. The molecule has 5 nitrogen and oxygen atoms in total. The molecule has 2 aliphatic heterocycles. The summed E-state index contributed by atoms with van der Waals surface area (Å²) in [5.74, 6) is -0.344. The normalized spacial score (nSPS) is 17.5. The van der Waals surface area contributed by atoms with Crippen LogP contribution in [-0.4, -0.2) is 40.4 Å². The van der Waals surface area contributed by atoms with E-state index in [2.05, 4.69) is 53.4 Å². The van der Waals surface area contributed by atoms with E-state index in [0.717, 1.165) is 38.6 Å². The standard InChI is InChI=1S/C29H27NO4/c31-26-19-29(34-27-12-8-21(18-25(26)27)9-13-28(32)33)14-16-30(17-15-29)20-22-6-10-24(11-7-22)23-4-2-1-3-5-23/h1-13,18H,14-17,19-20H2,(H,32,33)/b13-9+. The number of fused-ring (bicyclic) bond motifs is 1. The molecular weight excluding hydrogens is 426 g/mol. The third kappa shape index (κ3) is 4.80. The van der Waals surface area contributed by atoms with E-state index in [1.807, 2.05) is 6.07 Å². The van der Waals surface area contributed by atoms with Crippen LogP contribution < -0.4 is 4.74 Å². The molecule has 34 heavy (non-hydrogen) atoms. The second-order valence-corrected chi connectivity index (χ2v) is 9.15. The van der Waals surface area contributed by atoms with Crippen molar-refractivity contribution in [1.29, 1.82) is 0 Å². The van der Waals surface area contributed by atoms with Crippen LogP contribution in [-0.2, 0) is 11.3 Å². The summed E-state index contributed by atoms with van der Waals surface area (Å²) < 4.78 is 6.39. The zero-order valence-electron chi connectivity index (χ0n) is 18.9. The van der Waals surface area contributed by atoms with E-state index in [4.69, 9.17) is 9.84 Å². The maximum atomic E-state index is 12.9. The van der Waals surface area contributed by atoms with Crippen molar-refractivity contribution in [2.45, 2.75) is 31.4 Å². The molecule has 0 atom stereocenters. The Morgan fingerprint density at radius 1 is 0.971 bits per heavy atom. The molecule has 0 aliphatic carbocycles. The molecule has 0 aromatic heterocycles. The molecule has 0 bridgehead atoms. The first-order chi connectivity index (χ1) is 16.5. The number of hydrogen-bond donors (Lipinski definition) is 1. The largest absolute Gasteiger partial charge is 0.486 e. The van der Waals surface area contributed by atoms with Crippen LogP contribution >= 0.6 is 0 Å². The minimum absolute atomic E-state index is 0.0665. The number of nitrogens with zero attached hydrogens (tertiary/aromatic N) is 1. The highest BCUT2D eigenvalue weighted by atomic mass is 16.5. The third-order valence-corrected chi connectivity index (χ3v) is 6.77. The van der Waals surface area contributed by atoms with Gasteiger partial charge in [-0.15, -0.1) is 0 Å². The average molecular weight is 454 g/mol. The van der Waals surface area contributed by atoms with Crippen LogP contribution in [0.2, 0.25) is 0 Å². The Kier molecular flexibility index (Phi) is 6.03. The number of carboxylic acid groups (broad SMARTS) is 1. The van der Waals surface area contributed by atoms with Crippen molar-refractivity contribution in [2.75, 3.05) is 13.1 Å². The van der Waals surface area contributed by atoms with Crippen LogP contribution in [0.5, 0.6) is 5.75 Å². The van der Waals surface area contributed by atoms with Crippen LogP contribution in [0.4, 0.5) is 0 Å². The van der Waals surface area contributed by atoms with Crippen molar-refractivity contribution in [3.8, 4) is 16.9 Å². The van der Waals surface area contributed by atoms with E-state index in [0.29, 0.717) is 23.3 Å². The van der Waals surface area contributed by atoms with E-state index >= 15 is 0 Å². The van der Waals surface area contributed by atoms with E-state index in [-0.39, 0.29) is 5.78 Å². The summed E-state index contributed by atoms with van der Waals surface area (Å²) >= 11 is 0. The average Bonchev–Trinajstić information content (AvgIpc) is 2.85. The lowest BCUT2D eigenvalue weighted by atomic mass is 9.82. The summed E-state index contributed by atoms with van der Waals surface area (Å²) in [5, 5.41) is 8.82. The van der Waals surface area contributed by atoms with Gasteiger partial charge in [0.05, 0.1) is 12.0 Å². The van der Waals surface area contributed by atoms with Crippen LogP contribution in [0.1, 0.15) is 40.7 Å². The summed E-state index contributed by atoms with van der Waals surface area (Å²) in [6.45, 7) is 2.64. The number of ether oxygens (including phenoxy) is 1. The van der Waals surface area contributed by atoms with Gasteiger partial charge in [0, 0.05) is 38.6 Å². The van der Waals surface area contributed by atoms with Gasteiger partial charge < -0.3 is 9.84 Å². The molecule has 0 unspecified atom stereocenters. The topological polar surface area (TPSA) is 66.8 Å². The second-order valence-electron chi connectivity index (χ2n) is 9.15. The van der Waals surface area contributed by atoms with Crippen molar-refractivity contribution in [1.82, 2.24) is 4.90 Å². The molecule has 3 aromatic carbocycles. The van der Waals surface area contributed by atoms with Crippen LogP contribution in [0.15, 0.2) is 78.9 Å². The number of aliphatic carboxylic acids is 1. The van der Waals surface area contributed by atoms with Crippen molar-refractivity contribution in [3.63, 3.8) is 0 Å². The first-order valence-electron chi connectivity index (χ1n) is 11.6. The second kappa shape index (κ2) is 9.27. The van der Waals surface area contributed by atoms with Gasteiger partial charge in [-0.3, -0.25) is 9.69 Å². The van der Waals surface area contributed by atoms with Crippen LogP contribution in [0, 0.1) is 0 Å². The summed E-state index contributed by atoms with van der Waals surface area (Å²) in [5.41, 5.74) is 4.50. The Morgan fingerprint density at radius 3 is 2.38 bits per heavy atom. The Hall–Kier alpha value is -3.70. The SMILES string of the molecule is O=C(O)/C=C/c1ccc2c(c1)C(=O)CC1(CCN(Cc3ccc(-c4ccccc4)cc3)CC1)O2. The molecule has 0 radical (unpaired) electrons. The molecule has 1 N–H and O–H groups in total. The van der Waals surface area contributed by atoms with E-state index in [9.17, 15) is 9.59 Å². The highest BCUT2D eigenvalue weighted by molar-refractivity contribution is 6.01. The lowest BCUT2D eigenvalue weighted by Gasteiger charge is -2.44. The number of rotatable bonds is 5. The Labute approximate surface area is 199 Å². The van der Waals surface area contributed by atoms with Gasteiger partial charge in [0.1, 0.15) is 11.4 Å². The smallest absolute Gasteiger partial charge is 0.328 e. The Bertz CT molecular complexity index is 1220. The number of hydrogen-bond acceptors (Lipinski definition) is 4. The van der Waals surface area contributed by atoms with Gasteiger partial charge in [-0.2, -0.15) is 0 Å². The summed E-state index contributed by atoms with van der Waals surface area (Å²) in [6.07, 6.45) is 4.54. The van der Waals surface area contributed by atoms with E-state index in [1.54, 1.807) is 18.2 Å². The maximum Gasteiger partial charge on any atom is 0.328 e. The summed E-state index contributed by atoms with van der Waals surface area (Å²) in [6, 6.07) is 24.4. The first kappa shape index (κ1) is 22.1. The zero-order chi connectivity index (χ0) is 23.5. The number of carboxylic acids is 1. The molecule has 5 heteroatoms. The van der Waals surface area contributed by atoms with E-state index < -0.39 is 11.6 Å². The van der Waals surface area contributed by atoms with Gasteiger partial charge in [0.2, 0.25) is 0 Å². The Morgan fingerprint density at radius 2 is 1.68 bits per heavy atom. The number of ketones is 1. The highest BCUT2D eigenvalue weighted by Crippen LogP contribution is 2.40. The van der Waals surface area contributed by atoms with Gasteiger partial charge in [0.25, 0.3) is 0 Å². The first-order valence-corrected chi connectivity index (χ1v) is 11.6. The van der Waals surface area contributed by atoms with Gasteiger partial charge in [0.15, 0.2) is 5.78 Å². The molecule has 5 rings (SSSR count). The van der Waals surface area contributed by atoms with Crippen molar-refractivity contribution in [3.05, 3.63) is 95.6 Å². The van der Waals surface area contributed by atoms with Crippen molar-refractivity contribution >= 4 is 17.8 Å². The zero-order valence-corrected chi connectivity index (χ0v) is 18.9. The fourth-order valence-corrected chi connectivity index (χ4v) is 4.87. The predicted molar refractivity (Wildman–Crippen MR) is 132 cm³/mol. The van der Waals surface area contributed by atoms with Crippen molar-refractivity contribution < 1.29 is 19.4 Å². The molecule has 1 fully saturated rings. The number of Topliss-reactive ketones (excluding diaryl/α,β-unsaturated/α-hetero) is 1. The molecule has 2 heterocycles. The van der Waals surface area contributed by atoms with Gasteiger partial charge in [-0.25, -0.2) is 4.79 Å². The molecule has 3 aromatic rings. The lowest BCUT2D eigenvalue weighted by molar-refractivity contribution is -0.131. The summed E-state index contributed by atoms with van der Waals surface area (Å²) in [7, 11) is 0. The van der Waals surface area contributed by atoms with Gasteiger partial charge in [-0.1, -0.05) is 60.7 Å². The number of carbonyl (C=O) groups is 2. The molecule has 0 amide bonds. The minimum atomic E-state index is -1.02. The lowest BCUT2D eigenvalue weighted by Crippen LogP contribution is -2.50. The highest BCUT2D eigenvalue weighted by Gasteiger charge is 2.42.